The van der Waals surface area contributed by atoms with Crippen LogP contribution in [-0.4, -0.2) is 61.0 Å². The van der Waals surface area contributed by atoms with Gasteiger partial charge in [0.15, 0.2) is 0 Å². The van der Waals surface area contributed by atoms with Crippen molar-refractivity contribution in [2.75, 3.05) is 39.3 Å². The molecule has 1 aliphatic heterocycles. The van der Waals surface area contributed by atoms with E-state index in [0.29, 0.717) is 13.0 Å². The maximum Gasteiger partial charge on any atom is 0.318 e. The number of aryl methyl sites for hydroxylation is 1. The van der Waals surface area contributed by atoms with E-state index in [1.165, 1.54) is 12.0 Å². The van der Waals surface area contributed by atoms with Crippen molar-refractivity contribution in [3.8, 4) is 0 Å². The standard InChI is InChI=1S/C18H28N4O2/c19-18(24)20-17(23)9-13-22-12-5-11-21(14-15-22)10-4-8-16-6-2-1-3-7-16/h1-3,6-7H,4-5,8-15H2,(H3,19,20,23,24). The second-order valence-electron chi connectivity index (χ2n) is 6.29. The summed E-state index contributed by atoms with van der Waals surface area (Å²) in [7, 11) is 0. The predicted octanol–water partition coefficient (Wildman–Crippen LogP) is 1.21. The number of nitrogens with zero attached hydrogens (tertiary/aromatic N) is 2. The maximum absolute atomic E-state index is 11.5. The van der Waals surface area contributed by atoms with Gasteiger partial charge >= 0.3 is 6.03 Å². The zero-order valence-corrected chi connectivity index (χ0v) is 14.2. The molecule has 1 fully saturated rings. The Labute approximate surface area is 144 Å². The number of nitrogens with two attached hydrogens (primary N) is 1. The second-order valence-corrected chi connectivity index (χ2v) is 6.29. The maximum atomic E-state index is 11.5. The zero-order valence-electron chi connectivity index (χ0n) is 14.2. The van der Waals surface area contributed by atoms with E-state index in [1.54, 1.807) is 0 Å². The summed E-state index contributed by atoms with van der Waals surface area (Å²) in [5.41, 5.74) is 6.34. The van der Waals surface area contributed by atoms with Crippen molar-refractivity contribution >= 4 is 11.9 Å². The average molecular weight is 332 g/mol. The first kappa shape index (κ1) is 18.4. The highest BCUT2D eigenvalue weighted by Gasteiger charge is 2.15. The molecule has 1 aromatic carbocycles. The molecule has 0 spiro atoms. The molecule has 24 heavy (non-hydrogen) atoms. The Bertz CT molecular complexity index is 521. The summed E-state index contributed by atoms with van der Waals surface area (Å²) in [4.78, 5) is 26.9. The number of hydrogen-bond acceptors (Lipinski definition) is 4. The topological polar surface area (TPSA) is 78.7 Å². The Morgan fingerprint density at radius 1 is 1.00 bits per heavy atom. The monoisotopic (exact) mass is 332 g/mol. The third kappa shape index (κ3) is 7.10. The third-order valence-corrected chi connectivity index (χ3v) is 4.38. The van der Waals surface area contributed by atoms with Crippen LogP contribution in [0.25, 0.3) is 0 Å². The highest BCUT2D eigenvalue weighted by atomic mass is 16.2. The fraction of sp³-hybridized carbons (Fsp3) is 0.556. The summed E-state index contributed by atoms with van der Waals surface area (Å²) in [5, 5.41) is 2.11. The lowest BCUT2D eigenvalue weighted by atomic mass is 10.1. The minimum absolute atomic E-state index is 0.300. The molecule has 1 saturated heterocycles. The van der Waals surface area contributed by atoms with Gasteiger partial charge in [-0.15, -0.1) is 0 Å². The zero-order chi connectivity index (χ0) is 17.2. The Morgan fingerprint density at radius 2 is 1.67 bits per heavy atom. The molecule has 1 aliphatic rings. The number of hydrogen-bond donors (Lipinski definition) is 2. The largest absolute Gasteiger partial charge is 0.351 e. The van der Waals surface area contributed by atoms with Crippen molar-refractivity contribution in [1.29, 1.82) is 0 Å². The second kappa shape index (κ2) is 10.1. The van der Waals surface area contributed by atoms with Crippen LogP contribution in [0.2, 0.25) is 0 Å². The van der Waals surface area contributed by atoms with Crippen molar-refractivity contribution in [2.45, 2.75) is 25.7 Å². The molecule has 0 aromatic heterocycles. The molecule has 1 heterocycles. The molecule has 1 aromatic rings. The van der Waals surface area contributed by atoms with Crippen molar-refractivity contribution < 1.29 is 9.59 Å². The first-order valence-electron chi connectivity index (χ1n) is 8.71. The van der Waals surface area contributed by atoms with Crippen molar-refractivity contribution in [3.63, 3.8) is 0 Å². The Morgan fingerprint density at radius 3 is 2.33 bits per heavy atom. The number of nitrogens with one attached hydrogen (secondary N) is 1. The third-order valence-electron chi connectivity index (χ3n) is 4.38. The Balaban J connectivity index is 1.63. The molecule has 3 N–H and O–H groups in total. The number of imide groups is 1. The van der Waals surface area contributed by atoms with Crippen LogP contribution >= 0.6 is 0 Å². The molecule has 0 atom stereocenters. The lowest BCUT2D eigenvalue weighted by Gasteiger charge is -2.21. The number of carbonyl (C=O) groups is 2. The number of amides is 3. The minimum atomic E-state index is -0.777. The smallest absolute Gasteiger partial charge is 0.318 e. The minimum Gasteiger partial charge on any atom is -0.351 e. The summed E-state index contributed by atoms with van der Waals surface area (Å²) in [6.45, 7) is 5.90. The summed E-state index contributed by atoms with van der Waals surface area (Å²) in [6, 6.07) is 9.82. The number of primary amides is 1. The quantitative estimate of drug-likeness (QED) is 0.787. The number of benzene rings is 1. The van der Waals surface area contributed by atoms with Gasteiger partial charge in [0.25, 0.3) is 0 Å². The van der Waals surface area contributed by atoms with Crippen molar-refractivity contribution in [3.05, 3.63) is 35.9 Å². The molecular weight excluding hydrogens is 304 g/mol. The van der Waals surface area contributed by atoms with Gasteiger partial charge in [-0.25, -0.2) is 4.79 Å². The van der Waals surface area contributed by atoms with Gasteiger partial charge in [-0.3, -0.25) is 10.1 Å². The molecule has 0 aliphatic carbocycles. The van der Waals surface area contributed by atoms with Gasteiger partial charge in [0.1, 0.15) is 0 Å². The summed E-state index contributed by atoms with van der Waals surface area (Å²) >= 11 is 0. The van der Waals surface area contributed by atoms with Crippen LogP contribution in [0.15, 0.2) is 30.3 Å². The van der Waals surface area contributed by atoms with Crippen LogP contribution in [0.1, 0.15) is 24.8 Å². The van der Waals surface area contributed by atoms with Gasteiger partial charge in [0, 0.05) is 26.1 Å². The van der Waals surface area contributed by atoms with Gasteiger partial charge in [0.05, 0.1) is 0 Å². The SMILES string of the molecule is NC(=O)NC(=O)CCN1CCCN(CCCc2ccccc2)CC1. The van der Waals surface area contributed by atoms with Gasteiger partial charge in [-0.05, 0) is 44.5 Å². The lowest BCUT2D eigenvalue weighted by Crippen LogP contribution is -2.38. The predicted molar refractivity (Wildman–Crippen MR) is 94.6 cm³/mol. The molecule has 0 radical (unpaired) electrons. The van der Waals surface area contributed by atoms with Crippen LogP contribution in [-0.2, 0) is 11.2 Å². The fourth-order valence-corrected chi connectivity index (χ4v) is 3.08. The van der Waals surface area contributed by atoms with E-state index in [9.17, 15) is 9.59 Å². The van der Waals surface area contributed by atoms with E-state index < -0.39 is 6.03 Å². The molecule has 132 valence electrons. The molecule has 0 unspecified atom stereocenters. The van der Waals surface area contributed by atoms with Crippen molar-refractivity contribution in [2.24, 2.45) is 5.73 Å². The number of urea groups is 1. The Kier molecular flexibility index (Phi) is 7.71. The molecule has 0 saturated carbocycles. The van der Waals surface area contributed by atoms with Crippen molar-refractivity contribution in [1.82, 2.24) is 15.1 Å². The summed E-state index contributed by atoms with van der Waals surface area (Å²) in [6.07, 6.45) is 3.72. The lowest BCUT2D eigenvalue weighted by molar-refractivity contribution is -0.120. The molecule has 3 amide bonds. The van der Waals surface area contributed by atoms with Gasteiger partial charge in [-0.1, -0.05) is 30.3 Å². The molecule has 6 nitrogen and oxygen atoms in total. The molecular formula is C18H28N4O2. The number of carbonyl (C=O) groups excluding carboxylic acids is 2. The Hall–Kier alpha value is -1.92. The molecule has 6 heteroatoms. The number of rotatable bonds is 7. The van der Waals surface area contributed by atoms with E-state index in [-0.39, 0.29) is 5.91 Å². The van der Waals surface area contributed by atoms with E-state index in [0.717, 1.165) is 45.6 Å². The summed E-state index contributed by atoms with van der Waals surface area (Å²) < 4.78 is 0. The first-order chi connectivity index (χ1) is 11.6. The van der Waals surface area contributed by atoms with Crippen LogP contribution in [0.3, 0.4) is 0 Å². The fourth-order valence-electron chi connectivity index (χ4n) is 3.08. The first-order valence-corrected chi connectivity index (χ1v) is 8.71. The molecule has 0 bridgehead atoms. The van der Waals surface area contributed by atoms with Crippen LogP contribution in [0.5, 0.6) is 0 Å². The van der Waals surface area contributed by atoms with E-state index in [2.05, 4.69) is 45.4 Å². The van der Waals surface area contributed by atoms with Crippen LogP contribution in [0, 0.1) is 0 Å². The van der Waals surface area contributed by atoms with Gasteiger partial charge in [0.2, 0.25) is 5.91 Å². The van der Waals surface area contributed by atoms with Gasteiger partial charge < -0.3 is 15.5 Å². The van der Waals surface area contributed by atoms with E-state index in [1.807, 2.05) is 0 Å². The summed E-state index contributed by atoms with van der Waals surface area (Å²) in [5.74, 6) is -0.300. The van der Waals surface area contributed by atoms with E-state index in [4.69, 9.17) is 5.73 Å². The molecule has 2 rings (SSSR count). The highest BCUT2D eigenvalue weighted by molar-refractivity contribution is 5.93. The van der Waals surface area contributed by atoms with E-state index >= 15 is 0 Å². The van der Waals surface area contributed by atoms with Crippen LogP contribution in [0.4, 0.5) is 4.79 Å². The van der Waals surface area contributed by atoms with Gasteiger partial charge in [-0.2, -0.15) is 0 Å². The normalized spacial score (nSPS) is 16.5. The van der Waals surface area contributed by atoms with Crippen LogP contribution < -0.4 is 11.1 Å². The average Bonchev–Trinajstić information content (AvgIpc) is 2.79. The highest BCUT2D eigenvalue weighted by Crippen LogP contribution is 2.07.